The van der Waals surface area contributed by atoms with E-state index < -0.39 is 5.60 Å². The maximum atomic E-state index is 11.1. The van der Waals surface area contributed by atoms with Gasteiger partial charge < -0.3 is 24.6 Å². The summed E-state index contributed by atoms with van der Waals surface area (Å²) in [6, 6.07) is 1.98. The van der Waals surface area contributed by atoms with Gasteiger partial charge in [-0.2, -0.15) is 0 Å². The van der Waals surface area contributed by atoms with E-state index in [1.54, 1.807) is 6.33 Å². The molecule has 0 spiro atoms. The number of ether oxygens (including phenoxy) is 1. The minimum Gasteiger partial charge on any atom is -0.384 e. The number of rotatable bonds is 3. The molecule has 23 heavy (non-hydrogen) atoms. The van der Waals surface area contributed by atoms with Crippen LogP contribution in [0.4, 0.5) is 5.82 Å². The summed E-state index contributed by atoms with van der Waals surface area (Å²) >= 11 is 0. The third-order valence-corrected chi connectivity index (χ3v) is 4.71. The second kappa shape index (κ2) is 6.07. The normalized spacial score (nSPS) is 26.7. The molecule has 2 aliphatic rings. The van der Waals surface area contributed by atoms with Gasteiger partial charge in [0.25, 0.3) is 0 Å². The van der Waals surface area contributed by atoms with Crippen molar-refractivity contribution < 1.29 is 9.84 Å². The van der Waals surface area contributed by atoms with Gasteiger partial charge in [-0.3, -0.25) is 0 Å². The quantitative estimate of drug-likeness (QED) is 0.864. The maximum absolute atomic E-state index is 11.1. The monoisotopic (exact) mass is 317 g/mol. The topological polar surface area (TPSA) is 77.5 Å². The SMILES string of the molecule is O[C@]1(CN2CCCC2)COCCN(c2ncnc3[nH]ccc23)C1. The highest BCUT2D eigenvalue weighted by Gasteiger charge is 2.36. The molecule has 4 heterocycles. The van der Waals surface area contributed by atoms with Crippen molar-refractivity contribution in [2.75, 3.05) is 50.8 Å². The zero-order valence-electron chi connectivity index (χ0n) is 13.2. The van der Waals surface area contributed by atoms with Crippen LogP contribution in [0.1, 0.15) is 12.8 Å². The Labute approximate surface area is 135 Å². The number of H-pyrrole nitrogens is 1. The summed E-state index contributed by atoms with van der Waals surface area (Å²) in [4.78, 5) is 16.3. The molecule has 2 fully saturated rings. The van der Waals surface area contributed by atoms with Gasteiger partial charge >= 0.3 is 0 Å². The van der Waals surface area contributed by atoms with Crippen molar-refractivity contribution >= 4 is 16.9 Å². The van der Waals surface area contributed by atoms with E-state index in [1.165, 1.54) is 12.8 Å². The molecule has 0 aliphatic carbocycles. The van der Waals surface area contributed by atoms with Crippen LogP contribution in [0.5, 0.6) is 0 Å². The summed E-state index contributed by atoms with van der Waals surface area (Å²) in [6.07, 6.45) is 5.88. The van der Waals surface area contributed by atoms with Gasteiger partial charge in [-0.15, -0.1) is 0 Å². The predicted molar refractivity (Wildman–Crippen MR) is 87.5 cm³/mol. The smallest absolute Gasteiger partial charge is 0.142 e. The number of aromatic amines is 1. The van der Waals surface area contributed by atoms with E-state index in [2.05, 4.69) is 24.8 Å². The molecular weight excluding hydrogens is 294 g/mol. The summed E-state index contributed by atoms with van der Waals surface area (Å²) in [7, 11) is 0. The Morgan fingerprint density at radius 1 is 1.26 bits per heavy atom. The minimum absolute atomic E-state index is 0.376. The van der Waals surface area contributed by atoms with E-state index in [9.17, 15) is 5.11 Å². The number of hydrogen-bond donors (Lipinski definition) is 2. The lowest BCUT2D eigenvalue weighted by Crippen LogP contribution is -2.52. The molecule has 0 aromatic carbocycles. The zero-order valence-corrected chi connectivity index (χ0v) is 13.2. The van der Waals surface area contributed by atoms with Crippen LogP contribution in [0.25, 0.3) is 11.0 Å². The van der Waals surface area contributed by atoms with Gasteiger partial charge in [0.2, 0.25) is 0 Å². The third kappa shape index (κ3) is 3.04. The molecule has 2 N–H and O–H groups in total. The second-order valence-corrected chi connectivity index (χ2v) is 6.62. The molecule has 0 saturated carbocycles. The van der Waals surface area contributed by atoms with Gasteiger partial charge in [0, 0.05) is 19.3 Å². The maximum Gasteiger partial charge on any atom is 0.142 e. The van der Waals surface area contributed by atoms with Crippen LogP contribution in [0.15, 0.2) is 18.6 Å². The van der Waals surface area contributed by atoms with E-state index in [-0.39, 0.29) is 0 Å². The fourth-order valence-electron chi connectivity index (χ4n) is 3.66. The van der Waals surface area contributed by atoms with Gasteiger partial charge in [0.05, 0.1) is 25.1 Å². The first-order chi connectivity index (χ1) is 11.2. The molecule has 2 aromatic heterocycles. The van der Waals surface area contributed by atoms with E-state index in [0.717, 1.165) is 36.5 Å². The minimum atomic E-state index is -0.867. The van der Waals surface area contributed by atoms with Crippen molar-refractivity contribution in [2.45, 2.75) is 18.4 Å². The van der Waals surface area contributed by atoms with E-state index in [0.29, 0.717) is 26.3 Å². The Morgan fingerprint density at radius 3 is 3.00 bits per heavy atom. The first kappa shape index (κ1) is 14.9. The Kier molecular flexibility index (Phi) is 3.92. The second-order valence-electron chi connectivity index (χ2n) is 6.62. The van der Waals surface area contributed by atoms with Crippen LogP contribution in [-0.4, -0.2) is 76.5 Å². The molecule has 7 heteroatoms. The number of hydrogen-bond acceptors (Lipinski definition) is 6. The van der Waals surface area contributed by atoms with Crippen molar-refractivity contribution in [1.82, 2.24) is 19.9 Å². The molecule has 7 nitrogen and oxygen atoms in total. The van der Waals surface area contributed by atoms with Crippen molar-refractivity contribution in [1.29, 1.82) is 0 Å². The zero-order chi connectivity index (χ0) is 15.7. The van der Waals surface area contributed by atoms with Gasteiger partial charge in [0.15, 0.2) is 0 Å². The summed E-state index contributed by atoms with van der Waals surface area (Å²) < 4.78 is 5.70. The van der Waals surface area contributed by atoms with Gasteiger partial charge in [-0.1, -0.05) is 0 Å². The molecule has 4 rings (SSSR count). The number of likely N-dealkylation sites (tertiary alicyclic amines) is 1. The van der Waals surface area contributed by atoms with Crippen molar-refractivity contribution in [3.8, 4) is 0 Å². The van der Waals surface area contributed by atoms with Crippen LogP contribution in [0.3, 0.4) is 0 Å². The summed E-state index contributed by atoms with van der Waals surface area (Å²) in [6.45, 7) is 5.01. The molecule has 2 aliphatic heterocycles. The van der Waals surface area contributed by atoms with E-state index >= 15 is 0 Å². The fourth-order valence-corrected chi connectivity index (χ4v) is 3.66. The molecule has 0 radical (unpaired) electrons. The Morgan fingerprint density at radius 2 is 2.13 bits per heavy atom. The molecule has 0 unspecified atom stereocenters. The van der Waals surface area contributed by atoms with Crippen molar-refractivity contribution in [2.24, 2.45) is 0 Å². The Hall–Kier alpha value is -1.70. The molecule has 0 bridgehead atoms. The van der Waals surface area contributed by atoms with Crippen LogP contribution in [0, 0.1) is 0 Å². The first-order valence-electron chi connectivity index (χ1n) is 8.29. The molecule has 124 valence electrons. The van der Waals surface area contributed by atoms with Crippen LogP contribution in [0.2, 0.25) is 0 Å². The Bertz CT molecular complexity index is 669. The van der Waals surface area contributed by atoms with Crippen LogP contribution in [-0.2, 0) is 4.74 Å². The summed E-state index contributed by atoms with van der Waals surface area (Å²) in [5.41, 5.74) is -0.0442. The molecule has 1 atom stereocenters. The van der Waals surface area contributed by atoms with E-state index in [4.69, 9.17) is 4.74 Å². The first-order valence-corrected chi connectivity index (χ1v) is 8.29. The number of nitrogens with one attached hydrogen (secondary N) is 1. The lowest BCUT2D eigenvalue weighted by molar-refractivity contribution is -0.0439. The molecular formula is C16H23N5O2. The molecule has 2 aromatic rings. The summed E-state index contributed by atoms with van der Waals surface area (Å²) in [5, 5.41) is 12.1. The highest BCUT2D eigenvalue weighted by atomic mass is 16.5. The molecule has 2 saturated heterocycles. The van der Waals surface area contributed by atoms with Gasteiger partial charge in [-0.05, 0) is 32.0 Å². The van der Waals surface area contributed by atoms with E-state index in [1.807, 2.05) is 12.3 Å². The number of aliphatic hydroxyl groups is 1. The standard InChI is InChI=1S/C16H23N5O2/c22-16(9-20-5-1-2-6-20)10-21(7-8-23-11-16)15-13-3-4-17-14(13)18-12-19-15/h3-4,12,22H,1-2,5-11H2,(H,17,18,19)/t16-/m0/s1. The number of anilines is 1. The highest BCUT2D eigenvalue weighted by Crippen LogP contribution is 2.26. The van der Waals surface area contributed by atoms with Gasteiger partial charge in [0.1, 0.15) is 23.4 Å². The van der Waals surface area contributed by atoms with Gasteiger partial charge in [-0.25, -0.2) is 9.97 Å². The number of nitrogens with zero attached hydrogens (tertiary/aromatic N) is 4. The predicted octanol–water partition coefficient (Wildman–Crippen LogP) is 0.621. The number of aromatic nitrogens is 3. The van der Waals surface area contributed by atoms with Crippen LogP contribution < -0.4 is 4.90 Å². The lowest BCUT2D eigenvalue weighted by atomic mass is 10.0. The van der Waals surface area contributed by atoms with Crippen molar-refractivity contribution in [3.63, 3.8) is 0 Å². The van der Waals surface area contributed by atoms with Crippen LogP contribution >= 0.6 is 0 Å². The molecule has 0 amide bonds. The third-order valence-electron chi connectivity index (χ3n) is 4.71. The van der Waals surface area contributed by atoms with Crippen molar-refractivity contribution in [3.05, 3.63) is 18.6 Å². The largest absolute Gasteiger partial charge is 0.384 e. The average Bonchev–Trinajstić information content (AvgIpc) is 3.17. The number of fused-ring (bicyclic) bond motifs is 1. The fraction of sp³-hybridized carbons (Fsp3) is 0.625. The average molecular weight is 317 g/mol. The Balaban J connectivity index is 1.59. The highest BCUT2D eigenvalue weighted by molar-refractivity contribution is 5.87. The summed E-state index contributed by atoms with van der Waals surface area (Å²) in [5.74, 6) is 0.863. The number of β-amino-alcohol motifs (C(OH)–C–C–N with tert-alkyl or cyclic N) is 1. The lowest BCUT2D eigenvalue weighted by Gasteiger charge is -2.34.